The first-order chi connectivity index (χ1) is 12.6. The number of nitrogens with zero attached hydrogens (tertiary/aromatic N) is 3. The van der Waals surface area contributed by atoms with Crippen LogP contribution in [0.2, 0.25) is 0 Å². The molecule has 152 valence electrons. The number of hydrogen-bond acceptors (Lipinski definition) is 5. The molecule has 0 bridgehead atoms. The Kier molecular flexibility index (Phi) is 9.11. The highest BCUT2D eigenvalue weighted by atomic mass is 16.5. The van der Waals surface area contributed by atoms with Crippen LogP contribution in [-0.2, 0) is 9.47 Å². The van der Waals surface area contributed by atoms with Crippen molar-refractivity contribution in [2.45, 2.75) is 45.2 Å². The highest BCUT2D eigenvalue weighted by Gasteiger charge is 2.28. The average Bonchev–Trinajstić information content (AvgIpc) is 3.10. The van der Waals surface area contributed by atoms with E-state index < -0.39 is 0 Å². The van der Waals surface area contributed by atoms with Crippen molar-refractivity contribution < 1.29 is 9.47 Å². The molecule has 2 aliphatic heterocycles. The molecule has 1 atom stereocenters. The van der Waals surface area contributed by atoms with Crippen LogP contribution >= 0.6 is 0 Å². The number of likely N-dealkylation sites (tertiary alicyclic amines) is 1. The van der Waals surface area contributed by atoms with E-state index in [-0.39, 0.29) is 5.54 Å². The van der Waals surface area contributed by atoms with E-state index in [2.05, 4.69) is 41.2 Å². The van der Waals surface area contributed by atoms with E-state index in [1.165, 1.54) is 19.4 Å². The van der Waals surface area contributed by atoms with E-state index >= 15 is 0 Å². The standard InChI is InChI=1S/C19H39N5O2/c1-5-20-18(21-15-17-7-6-8-23(17)9-12-25-4)22-16-19(2,3)24-10-13-26-14-11-24/h17H,5-16H2,1-4H3,(H2,20,21,22). The molecule has 2 saturated heterocycles. The molecule has 2 heterocycles. The Morgan fingerprint density at radius 3 is 2.69 bits per heavy atom. The quantitative estimate of drug-likeness (QED) is 0.462. The van der Waals surface area contributed by atoms with Crippen molar-refractivity contribution in [1.82, 2.24) is 20.4 Å². The minimum atomic E-state index is 0.0456. The summed E-state index contributed by atoms with van der Waals surface area (Å²) in [6, 6.07) is 0.571. The Labute approximate surface area is 159 Å². The average molecular weight is 370 g/mol. The maximum Gasteiger partial charge on any atom is 0.191 e. The van der Waals surface area contributed by atoms with Crippen LogP contribution in [0.4, 0.5) is 0 Å². The van der Waals surface area contributed by atoms with Gasteiger partial charge in [0.15, 0.2) is 5.96 Å². The van der Waals surface area contributed by atoms with Crippen LogP contribution in [0.3, 0.4) is 0 Å². The molecular formula is C19H39N5O2. The Morgan fingerprint density at radius 2 is 2.00 bits per heavy atom. The number of aliphatic imine (C=N–C) groups is 1. The van der Waals surface area contributed by atoms with E-state index in [9.17, 15) is 0 Å². The predicted molar refractivity (Wildman–Crippen MR) is 107 cm³/mol. The van der Waals surface area contributed by atoms with Crippen molar-refractivity contribution in [2.75, 3.05) is 72.7 Å². The van der Waals surface area contributed by atoms with Crippen LogP contribution in [0.15, 0.2) is 4.99 Å². The van der Waals surface area contributed by atoms with Gasteiger partial charge in [0.05, 0.1) is 26.4 Å². The third-order valence-electron chi connectivity index (χ3n) is 5.42. The third-order valence-corrected chi connectivity index (χ3v) is 5.42. The van der Waals surface area contributed by atoms with Gasteiger partial charge in [-0.2, -0.15) is 0 Å². The molecule has 7 nitrogen and oxygen atoms in total. The first-order valence-electron chi connectivity index (χ1n) is 10.1. The van der Waals surface area contributed by atoms with Crippen molar-refractivity contribution in [3.05, 3.63) is 0 Å². The summed E-state index contributed by atoms with van der Waals surface area (Å²) in [7, 11) is 1.77. The van der Waals surface area contributed by atoms with Crippen LogP contribution in [0.1, 0.15) is 33.6 Å². The van der Waals surface area contributed by atoms with Crippen molar-refractivity contribution in [3.8, 4) is 0 Å². The number of hydrogen-bond donors (Lipinski definition) is 2. The molecule has 0 aromatic rings. The van der Waals surface area contributed by atoms with E-state index in [1.54, 1.807) is 7.11 Å². The molecule has 2 fully saturated rings. The van der Waals surface area contributed by atoms with Gasteiger partial charge in [-0.3, -0.25) is 14.8 Å². The number of morpholine rings is 1. The SMILES string of the molecule is CCNC(=NCC(C)(C)N1CCOCC1)NCC1CCCN1CCOC. The zero-order valence-electron chi connectivity index (χ0n) is 17.2. The number of methoxy groups -OCH3 is 1. The second kappa shape index (κ2) is 11.1. The first-order valence-corrected chi connectivity index (χ1v) is 10.1. The summed E-state index contributed by atoms with van der Waals surface area (Å²) in [5.74, 6) is 0.924. The van der Waals surface area contributed by atoms with Gasteiger partial charge in [-0.05, 0) is 40.2 Å². The summed E-state index contributed by atoms with van der Waals surface area (Å²) < 4.78 is 10.7. The van der Waals surface area contributed by atoms with Crippen molar-refractivity contribution in [1.29, 1.82) is 0 Å². The smallest absolute Gasteiger partial charge is 0.191 e. The molecule has 0 spiro atoms. The van der Waals surface area contributed by atoms with Gasteiger partial charge in [0.1, 0.15) is 0 Å². The molecule has 2 aliphatic rings. The summed E-state index contributed by atoms with van der Waals surface area (Å²) in [4.78, 5) is 9.88. The van der Waals surface area contributed by atoms with Gasteiger partial charge in [0.25, 0.3) is 0 Å². The maximum atomic E-state index is 5.48. The van der Waals surface area contributed by atoms with Gasteiger partial charge in [-0.15, -0.1) is 0 Å². The molecule has 2 N–H and O–H groups in total. The topological polar surface area (TPSA) is 61.4 Å². The van der Waals surface area contributed by atoms with Crippen molar-refractivity contribution >= 4 is 5.96 Å². The molecule has 0 radical (unpaired) electrons. The summed E-state index contributed by atoms with van der Waals surface area (Å²) in [5, 5.41) is 6.95. The summed E-state index contributed by atoms with van der Waals surface area (Å²) in [6.45, 7) is 15.9. The number of guanidine groups is 1. The van der Waals surface area contributed by atoms with Crippen molar-refractivity contribution in [2.24, 2.45) is 4.99 Å². The minimum absolute atomic E-state index is 0.0456. The molecule has 1 unspecified atom stereocenters. The Hall–Kier alpha value is -0.890. The lowest BCUT2D eigenvalue weighted by atomic mass is 10.0. The zero-order valence-corrected chi connectivity index (χ0v) is 17.2. The van der Waals surface area contributed by atoms with Crippen LogP contribution in [0, 0.1) is 0 Å². The van der Waals surface area contributed by atoms with E-state index in [0.717, 1.165) is 65.0 Å². The zero-order chi connectivity index (χ0) is 18.8. The molecule has 0 aromatic carbocycles. The first kappa shape index (κ1) is 21.4. The molecule has 2 rings (SSSR count). The summed E-state index contributed by atoms with van der Waals surface area (Å²) in [5.41, 5.74) is 0.0456. The Morgan fingerprint density at radius 1 is 1.23 bits per heavy atom. The fraction of sp³-hybridized carbons (Fsp3) is 0.947. The lowest BCUT2D eigenvalue weighted by Crippen LogP contribution is -2.52. The molecule has 26 heavy (non-hydrogen) atoms. The second-order valence-electron chi connectivity index (χ2n) is 7.81. The van der Waals surface area contributed by atoms with Crippen LogP contribution in [0.25, 0.3) is 0 Å². The van der Waals surface area contributed by atoms with Crippen molar-refractivity contribution in [3.63, 3.8) is 0 Å². The Bertz CT molecular complexity index is 424. The minimum Gasteiger partial charge on any atom is -0.383 e. The Balaban J connectivity index is 1.85. The molecule has 0 aromatic heterocycles. The van der Waals surface area contributed by atoms with Crippen LogP contribution in [-0.4, -0.2) is 100 Å². The van der Waals surface area contributed by atoms with E-state index in [0.29, 0.717) is 6.04 Å². The van der Waals surface area contributed by atoms with Gasteiger partial charge >= 0.3 is 0 Å². The highest BCUT2D eigenvalue weighted by Crippen LogP contribution is 2.17. The van der Waals surface area contributed by atoms with E-state index in [1.807, 2.05) is 0 Å². The number of ether oxygens (including phenoxy) is 2. The monoisotopic (exact) mass is 369 g/mol. The predicted octanol–water partition coefficient (Wildman–Crippen LogP) is 0.763. The lowest BCUT2D eigenvalue weighted by Gasteiger charge is -2.40. The third kappa shape index (κ3) is 6.68. The maximum absolute atomic E-state index is 5.48. The van der Waals surface area contributed by atoms with Gasteiger partial charge in [0.2, 0.25) is 0 Å². The fourth-order valence-corrected chi connectivity index (χ4v) is 3.73. The van der Waals surface area contributed by atoms with Gasteiger partial charge in [-0.1, -0.05) is 0 Å². The highest BCUT2D eigenvalue weighted by molar-refractivity contribution is 5.79. The fourth-order valence-electron chi connectivity index (χ4n) is 3.73. The van der Waals surface area contributed by atoms with E-state index in [4.69, 9.17) is 14.5 Å². The number of nitrogens with one attached hydrogen (secondary N) is 2. The molecule has 0 saturated carbocycles. The molecule has 0 amide bonds. The normalized spacial score (nSPS) is 23.4. The summed E-state index contributed by atoms with van der Waals surface area (Å²) >= 11 is 0. The largest absolute Gasteiger partial charge is 0.383 e. The van der Waals surface area contributed by atoms with Gasteiger partial charge in [-0.25, -0.2) is 0 Å². The van der Waals surface area contributed by atoms with Gasteiger partial charge in [0, 0.05) is 51.4 Å². The number of rotatable bonds is 9. The lowest BCUT2D eigenvalue weighted by molar-refractivity contribution is -0.00684. The van der Waals surface area contributed by atoms with Crippen LogP contribution in [0.5, 0.6) is 0 Å². The summed E-state index contributed by atoms with van der Waals surface area (Å²) in [6.07, 6.45) is 2.52. The molecular weight excluding hydrogens is 330 g/mol. The second-order valence-corrected chi connectivity index (χ2v) is 7.81. The molecule has 7 heteroatoms. The van der Waals surface area contributed by atoms with Crippen LogP contribution < -0.4 is 10.6 Å². The van der Waals surface area contributed by atoms with Gasteiger partial charge < -0.3 is 20.1 Å². The molecule has 0 aliphatic carbocycles.